The van der Waals surface area contributed by atoms with E-state index >= 15 is 0 Å². The van der Waals surface area contributed by atoms with Crippen LogP contribution in [-0.4, -0.2) is 23.8 Å². The maximum Gasteiger partial charge on any atom is 0.312 e. The average molecular weight is 323 g/mol. The minimum absolute atomic E-state index is 0.198. The molecule has 19 heavy (non-hydrogen) atoms. The van der Waals surface area contributed by atoms with Crippen molar-refractivity contribution in [3.8, 4) is 0 Å². The highest BCUT2D eigenvalue weighted by molar-refractivity contribution is 9.10. The summed E-state index contributed by atoms with van der Waals surface area (Å²) in [4.78, 5) is 11.8. The van der Waals surface area contributed by atoms with Gasteiger partial charge in [0, 0.05) is 4.47 Å². The molecular weight excluding hydrogens is 308 g/mol. The fourth-order valence-corrected chi connectivity index (χ4v) is 3.59. The SMILES string of the molecule is COC(=O)C12C/C(=C\c3ccc(Br)cc3)C(O)(C1)C2. The Hall–Kier alpha value is -1.13. The van der Waals surface area contributed by atoms with E-state index in [0.29, 0.717) is 19.3 Å². The van der Waals surface area contributed by atoms with Gasteiger partial charge in [0.2, 0.25) is 0 Å². The second-order valence-electron chi connectivity index (χ2n) is 5.55. The van der Waals surface area contributed by atoms with Crippen molar-refractivity contribution in [3.63, 3.8) is 0 Å². The van der Waals surface area contributed by atoms with Gasteiger partial charge in [-0.25, -0.2) is 0 Å². The summed E-state index contributed by atoms with van der Waals surface area (Å²) in [5, 5.41) is 10.5. The van der Waals surface area contributed by atoms with Crippen molar-refractivity contribution in [2.45, 2.75) is 24.9 Å². The first-order valence-electron chi connectivity index (χ1n) is 6.25. The lowest BCUT2D eigenvalue weighted by atomic mass is 9.67. The van der Waals surface area contributed by atoms with Crippen LogP contribution in [0.5, 0.6) is 0 Å². The van der Waals surface area contributed by atoms with Crippen LogP contribution in [0, 0.1) is 5.41 Å². The topological polar surface area (TPSA) is 46.5 Å². The summed E-state index contributed by atoms with van der Waals surface area (Å²) in [5.74, 6) is -0.198. The molecule has 0 unspecified atom stereocenters. The quantitative estimate of drug-likeness (QED) is 0.851. The zero-order valence-corrected chi connectivity index (χ0v) is 12.2. The molecular formula is C15H15BrO3. The summed E-state index contributed by atoms with van der Waals surface area (Å²) < 4.78 is 5.87. The summed E-state index contributed by atoms with van der Waals surface area (Å²) in [5.41, 5.74) is 0.700. The highest BCUT2D eigenvalue weighted by Crippen LogP contribution is 2.64. The molecule has 0 aliphatic heterocycles. The van der Waals surface area contributed by atoms with E-state index < -0.39 is 11.0 Å². The Kier molecular flexibility index (Phi) is 2.84. The first-order chi connectivity index (χ1) is 8.97. The van der Waals surface area contributed by atoms with Gasteiger partial charge in [0.05, 0.1) is 18.1 Å². The Morgan fingerprint density at radius 2 is 2.00 bits per heavy atom. The second-order valence-corrected chi connectivity index (χ2v) is 6.47. The molecule has 1 N–H and O–H groups in total. The van der Waals surface area contributed by atoms with Crippen molar-refractivity contribution in [2.75, 3.05) is 7.11 Å². The lowest BCUT2D eigenvalue weighted by Gasteiger charge is -2.41. The number of methoxy groups -OCH3 is 1. The lowest BCUT2D eigenvalue weighted by molar-refractivity contribution is -0.166. The zero-order chi connectivity index (χ0) is 13.7. The van der Waals surface area contributed by atoms with Gasteiger partial charge in [-0.3, -0.25) is 4.79 Å². The number of carbonyl (C=O) groups excluding carboxylic acids is 1. The molecule has 3 aliphatic carbocycles. The van der Waals surface area contributed by atoms with Crippen LogP contribution in [0.15, 0.2) is 34.3 Å². The fourth-order valence-electron chi connectivity index (χ4n) is 3.33. The number of halogens is 1. The van der Waals surface area contributed by atoms with Crippen LogP contribution in [0.2, 0.25) is 0 Å². The molecule has 1 aromatic rings. The number of aliphatic hydroxyl groups is 1. The molecule has 2 bridgehead atoms. The van der Waals surface area contributed by atoms with Crippen LogP contribution in [0.4, 0.5) is 0 Å². The molecule has 3 nitrogen and oxygen atoms in total. The third-order valence-electron chi connectivity index (χ3n) is 4.22. The van der Waals surface area contributed by atoms with E-state index in [-0.39, 0.29) is 5.97 Å². The van der Waals surface area contributed by atoms with Crippen LogP contribution in [0.3, 0.4) is 0 Å². The highest BCUT2D eigenvalue weighted by atomic mass is 79.9. The Morgan fingerprint density at radius 3 is 2.58 bits per heavy atom. The van der Waals surface area contributed by atoms with Crippen molar-refractivity contribution in [1.29, 1.82) is 0 Å². The summed E-state index contributed by atoms with van der Waals surface area (Å²) in [6.07, 6.45) is 3.58. The van der Waals surface area contributed by atoms with Gasteiger partial charge in [0.1, 0.15) is 0 Å². The number of esters is 1. The molecule has 0 atom stereocenters. The summed E-state index contributed by atoms with van der Waals surface area (Å²) in [6, 6.07) is 7.90. The van der Waals surface area contributed by atoms with Crippen molar-refractivity contribution < 1.29 is 14.6 Å². The van der Waals surface area contributed by atoms with Crippen molar-refractivity contribution in [3.05, 3.63) is 39.9 Å². The summed E-state index contributed by atoms with van der Waals surface area (Å²) in [7, 11) is 1.41. The van der Waals surface area contributed by atoms with Gasteiger partial charge < -0.3 is 9.84 Å². The molecule has 0 heterocycles. The number of hydrogen-bond acceptors (Lipinski definition) is 3. The Balaban J connectivity index is 1.88. The summed E-state index contributed by atoms with van der Waals surface area (Å²) >= 11 is 3.39. The molecule has 0 spiro atoms. The fraction of sp³-hybridized carbons (Fsp3) is 0.400. The molecule has 0 saturated heterocycles. The normalized spacial score (nSPS) is 34.2. The Bertz CT molecular complexity index is 553. The van der Waals surface area contributed by atoms with Gasteiger partial charge in [-0.2, -0.15) is 0 Å². The molecule has 3 fully saturated rings. The van der Waals surface area contributed by atoms with Crippen LogP contribution in [0.1, 0.15) is 24.8 Å². The minimum atomic E-state index is -0.804. The molecule has 3 saturated carbocycles. The first kappa shape index (κ1) is 12.9. The molecule has 4 rings (SSSR count). The highest BCUT2D eigenvalue weighted by Gasteiger charge is 2.67. The van der Waals surface area contributed by atoms with E-state index in [0.717, 1.165) is 15.6 Å². The molecule has 1 aromatic carbocycles. The van der Waals surface area contributed by atoms with E-state index in [9.17, 15) is 9.90 Å². The third kappa shape index (κ3) is 1.94. The van der Waals surface area contributed by atoms with Gasteiger partial charge in [-0.1, -0.05) is 34.1 Å². The smallest absolute Gasteiger partial charge is 0.312 e. The van der Waals surface area contributed by atoms with Crippen LogP contribution in [0.25, 0.3) is 6.08 Å². The van der Waals surface area contributed by atoms with E-state index in [1.54, 1.807) is 0 Å². The molecule has 0 amide bonds. The van der Waals surface area contributed by atoms with Gasteiger partial charge in [0.25, 0.3) is 0 Å². The molecule has 0 radical (unpaired) electrons. The van der Waals surface area contributed by atoms with Crippen LogP contribution in [-0.2, 0) is 9.53 Å². The van der Waals surface area contributed by atoms with Crippen LogP contribution < -0.4 is 0 Å². The number of carbonyl (C=O) groups is 1. The number of rotatable bonds is 2. The average Bonchev–Trinajstić information content (AvgIpc) is 2.79. The minimum Gasteiger partial charge on any atom is -0.469 e. The molecule has 100 valence electrons. The van der Waals surface area contributed by atoms with E-state index in [2.05, 4.69) is 15.9 Å². The molecule has 3 aliphatic rings. The van der Waals surface area contributed by atoms with Crippen molar-refractivity contribution in [1.82, 2.24) is 0 Å². The third-order valence-corrected chi connectivity index (χ3v) is 4.75. The predicted octanol–water partition coefficient (Wildman–Crippen LogP) is 2.92. The summed E-state index contributed by atoms with van der Waals surface area (Å²) in [6.45, 7) is 0. The second kappa shape index (κ2) is 4.18. The number of hydrogen-bond donors (Lipinski definition) is 1. The van der Waals surface area contributed by atoms with Crippen LogP contribution >= 0.6 is 15.9 Å². The number of fused-ring (bicyclic) bond motifs is 1. The number of benzene rings is 1. The first-order valence-corrected chi connectivity index (χ1v) is 7.04. The zero-order valence-electron chi connectivity index (χ0n) is 10.6. The standard InChI is InChI=1S/C15H15BrO3/c1-19-13(17)14-7-11(15(18,8-14)9-14)6-10-2-4-12(16)5-3-10/h2-6,18H,7-9H2,1H3/b11-6+. The van der Waals surface area contributed by atoms with Crippen molar-refractivity contribution >= 4 is 28.0 Å². The maximum atomic E-state index is 11.8. The Labute approximate surface area is 120 Å². The molecule has 0 aromatic heterocycles. The number of ether oxygens (including phenoxy) is 1. The van der Waals surface area contributed by atoms with Gasteiger partial charge in [-0.15, -0.1) is 0 Å². The Morgan fingerprint density at radius 1 is 1.37 bits per heavy atom. The van der Waals surface area contributed by atoms with E-state index in [1.165, 1.54) is 7.11 Å². The maximum absolute atomic E-state index is 11.8. The molecule has 4 heteroatoms. The lowest BCUT2D eigenvalue weighted by Crippen LogP contribution is -2.48. The van der Waals surface area contributed by atoms with Gasteiger partial charge in [-0.05, 0) is 42.5 Å². The largest absolute Gasteiger partial charge is 0.469 e. The monoisotopic (exact) mass is 322 g/mol. The predicted molar refractivity (Wildman–Crippen MR) is 75.4 cm³/mol. The van der Waals surface area contributed by atoms with Gasteiger partial charge in [0.15, 0.2) is 0 Å². The van der Waals surface area contributed by atoms with E-state index in [4.69, 9.17) is 4.74 Å². The van der Waals surface area contributed by atoms with Crippen molar-refractivity contribution in [2.24, 2.45) is 5.41 Å². The van der Waals surface area contributed by atoms with Gasteiger partial charge >= 0.3 is 5.97 Å². The van der Waals surface area contributed by atoms with E-state index in [1.807, 2.05) is 30.3 Å².